The second kappa shape index (κ2) is 5.63. The second-order valence-electron chi connectivity index (χ2n) is 3.71. The van der Waals surface area contributed by atoms with Gasteiger partial charge in [0.05, 0.1) is 0 Å². The maximum Gasteiger partial charge on any atom is 0.284 e. The lowest BCUT2D eigenvalue weighted by Gasteiger charge is -2.07. The molecule has 96 valence electrons. The van der Waals surface area contributed by atoms with Gasteiger partial charge in [0.1, 0.15) is 5.84 Å². The van der Waals surface area contributed by atoms with Crippen LogP contribution < -0.4 is 16.1 Å². The first-order chi connectivity index (χ1) is 9.16. The summed E-state index contributed by atoms with van der Waals surface area (Å²) in [5.41, 5.74) is 8.69. The minimum atomic E-state index is -0.363. The molecule has 19 heavy (non-hydrogen) atoms. The smallest absolute Gasteiger partial charge is 0.284 e. The molecule has 6 heteroatoms. The third-order valence-electron chi connectivity index (χ3n) is 2.37. The normalized spacial score (nSPS) is 9.68. The molecule has 0 atom stereocenters. The highest BCUT2D eigenvalue weighted by Crippen LogP contribution is 2.11. The molecule has 0 spiro atoms. The Morgan fingerprint density at radius 2 is 1.74 bits per heavy atom. The predicted molar refractivity (Wildman–Crippen MR) is 69.8 cm³/mol. The van der Waals surface area contributed by atoms with Crippen LogP contribution in [0, 0.1) is 5.41 Å². The Balaban J connectivity index is 1.95. The summed E-state index contributed by atoms with van der Waals surface area (Å²) in [5.74, 6) is 0.0674. The topological polar surface area (TPSA) is 101 Å². The molecule has 1 aromatic carbocycles. The van der Waals surface area contributed by atoms with Crippen LogP contribution in [0.1, 0.15) is 15.9 Å². The van der Waals surface area contributed by atoms with Crippen molar-refractivity contribution < 1.29 is 9.63 Å². The standard InChI is InChI=1S/C13H12N4O2/c14-12(15)9-1-3-11(4-2-9)19-17-13(18)10-5-7-16-8-6-10/h1-8H,(H3,14,15)(H,17,18). The molecule has 0 aliphatic rings. The van der Waals surface area contributed by atoms with E-state index in [2.05, 4.69) is 10.5 Å². The third kappa shape index (κ3) is 3.29. The summed E-state index contributed by atoms with van der Waals surface area (Å²) in [6, 6.07) is 9.66. The quantitative estimate of drug-likeness (QED) is 0.433. The summed E-state index contributed by atoms with van der Waals surface area (Å²) >= 11 is 0. The van der Waals surface area contributed by atoms with Crippen molar-refractivity contribution in [2.24, 2.45) is 5.73 Å². The van der Waals surface area contributed by atoms with E-state index in [9.17, 15) is 4.79 Å². The molecule has 1 aromatic heterocycles. The molecular weight excluding hydrogens is 244 g/mol. The number of hydrogen-bond acceptors (Lipinski definition) is 4. The molecular formula is C13H12N4O2. The molecule has 0 saturated carbocycles. The van der Waals surface area contributed by atoms with Crippen molar-refractivity contribution in [3.8, 4) is 5.75 Å². The number of pyridine rings is 1. The lowest BCUT2D eigenvalue weighted by molar-refractivity contribution is 0.0760. The van der Waals surface area contributed by atoms with Gasteiger partial charge < -0.3 is 10.6 Å². The zero-order chi connectivity index (χ0) is 13.7. The number of carbonyl (C=O) groups is 1. The van der Waals surface area contributed by atoms with Crippen molar-refractivity contribution in [3.63, 3.8) is 0 Å². The first kappa shape index (κ1) is 12.6. The van der Waals surface area contributed by atoms with E-state index >= 15 is 0 Å². The minimum absolute atomic E-state index is 0.0210. The third-order valence-corrected chi connectivity index (χ3v) is 2.37. The molecule has 0 fully saturated rings. The first-order valence-corrected chi connectivity index (χ1v) is 5.48. The SMILES string of the molecule is N=C(N)c1ccc(ONC(=O)c2ccncc2)cc1. The monoisotopic (exact) mass is 256 g/mol. The Bertz CT molecular complexity index is 581. The van der Waals surface area contributed by atoms with E-state index in [1.165, 1.54) is 12.4 Å². The number of nitrogens with one attached hydrogen (secondary N) is 2. The fraction of sp³-hybridized carbons (Fsp3) is 0. The highest BCUT2D eigenvalue weighted by Gasteiger charge is 2.05. The Morgan fingerprint density at radius 3 is 2.32 bits per heavy atom. The first-order valence-electron chi connectivity index (χ1n) is 5.48. The summed E-state index contributed by atoms with van der Waals surface area (Å²) in [5, 5.41) is 7.25. The zero-order valence-corrected chi connectivity index (χ0v) is 9.96. The van der Waals surface area contributed by atoms with Gasteiger partial charge in [-0.3, -0.25) is 15.2 Å². The summed E-state index contributed by atoms with van der Waals surface area (Å²) in [6.07, 6.45) is 3.05. The Kier molecular flexibility index (Phi) is 3.72. The fourth-order valence-corrected chi connectivity index (χ4v) is 1.37. The Labute approximate surface area is 109 Å². The van der Waals surface area contributed by atoms with E-state index in [-0.39, 0.29) is 11.7 Å². The molecule has 1 amide bonds. The lowest BCUT2D eigenvalue weighted by atomic mass is 10.2. The van der Waals surface area contributed by atoms with E-state index in [0.29, 0.717) is 16.9 Å². The van der Waals surface area contributed by atoms with Crippen LogP contribution in [0.5, 0.6) is 5.75 Å². The van der Waals surface area contributed by atoms with E-state index in [1.54, 1.807) is 36.4 Å². The highest BCUT2D eigenvalue weighted by molar-refractivity contribution is 5.95. The number of nitrogen functional groups attached to an aromatic ring is 1. The predicted octanol–water partition coefficient (Wildman–Crippen LogP) is 1.09. The molecule has 2 rings (SSSR count). The molecule has 6 nitrogen and oxygen atoms in total. The number of amidine groups is 1. The van der Waals surface area contributed by atoms with E-state index in [0.717, 1.165) is 0 Å². The number of amides is 1. The minimum Gasteiger partial charge on any atom is -0.384 e. The average Bonchev–Trinajstić information content (AvgIpc) is 2.46. The number of carbonyl (C=O) groups excluding carboxylic acids is 1. The Hall–Kier alpha value is -2.89. The van der Waals surface area contributed by atoms with Gasteiger partial charge in [-0.15, -0.1) is 0 Å². The second-order valence-corrected chi connectivity index (χ2v) is 3.71. The van der Waals surface area contributed by atoms with Crippen molar-refractivity contribution in [3.05, 3.63) is 59.9 Å². The van der Waals surface area contributed by atoms with Crippen LogP contribution in [-0.2, 0) is 0 Å². The number of nitrogens with zero attached hydrogens (tertiary/aromatic N) is 1. The van der Waals surface area contributed by atoms with Crippen LogP contribution in [0.2, 0.25) is 0 Å². The van der Waals surface area contributed by atoms with Crippen LogP contribution >= 0.6 is 0 Å². The zero-order valence-electron chi connectivity index (χ0n) is 9.96. The Morgan fingerprint density at radius 1 is 1.11 bits per heavy atom. The van der Waals surface area contributed by atoms with Crippen molar-refractivity contribution in [1.29, 1.82) is 5.41 Å². The van der Waals surface area contributed by atoms with Gasteiger partial charge in [0.25, 0.3) is 5.91 Å². The molecule has 0 radical (unpaired) electrons. The van der Waals surface area contributed by atoms with Gasteiger partial charge >= 0.3 is 0 Å². The number of aromatic nitrogens is 1. The summed E-state index contributed by atoms with van der Waals surface area (Å²) < 4.78 is 0. The van der Waals surface area contributed by atoms with Crippen molar-refractivity contribution in [2.75, 3.05) is 0 Å². The van der Waals surface area contributed by atoms with Gasteiger partial charge in [0, 0.05) is 23.5 Å². The van der Waals surface area contributed by atoms with Gasteiger partial charge in [0.2, 0.25) is 0 Å². The maximum absolute atomic E-state index is 11.7. The van der Waals surface area contributed by atoms with Crippen molar-refractivity contribution >= 4 is 11.7 Å². The van der Waals surface area contributed by atoms with Gasteiger partial charge in [0.15, 0.2) is 5.75 Å². The van der Waals surface area contributed by atoms with E-state index < -0.39 is 0 Å². The van der Waals surface area contributed by atoms with Crippen molar-refractivity contribution in [1.82, 2.24) is 10.5 Å². The van der Waals surface area contributed by atoms with Crippen LogP contribution in [0.15, 0.2) is 48.8 Å². The van der Waals surface area contributed by atoms with Crippen LogP contribution in [0.3, 0.4) is 0 Å². The van der Waals surface area contributed by atoms with Gasteiger partial charge in [-0.05, 0) is 36.4 Å². The lowest BCUT2D eigenvalue weighted by Crippen LogP contribution is -2.26. The number of rotatable bonds is 4. The van der Waals surface area contributed by atoms with Crippen LogP contribution in [0.4, 0.5) is 0 Å². The number of benzene rings is 1. The fourth-order valence-electron chi connectivity index (χ4n) is 1.37. The molecule has 1 heterocycles. The summed E-state index contributed by atoms with van der Waals surface area (Å²) in [7, 11) is 0. The molecule has 0 aliphatic carbocycles. The van der Waals surface area contributed by atoms with Crippen LogP contribution in [0.25, 0.3) is 0 Å². The molecule has 4 N–H and O–H groups in total. The van der Waals surface area contributed by atoms with Crippen molar-refractivity contribution in [2.45, 2.75) is 0 Å². The molecule has 2 aromatic rings. The highest BCUT2D eigenvalue weighted by atomic mass is 16.7. The van der Waals surface area contributed by atoms with Gasteiger partial charge in [-0.25, -0.2) is 0 Å². The van der Waals surface area contributed by atoms with Crippen LogP contribution in [-0.4, -0.2) is 16.7 Å². The molecule has 0 unspecified atom stereocenters. The number of nitrogens with two attached hydrogens (primary N) is 1. The maximum atomic E-state index is 11.7. The largest absolute Gasteiger partial charge is 0.384 e. The average molecular weight is 256 g/mol. The van der Waals surface area contributed by atoms with Gasteiger partial charge in [-0.1, -0.05) is 0 Å². The van der Waals surface area contributed by atoms with E-state index in [4.69, 9.17) is 16.0 Å². The number of hydroxylamine groups is 1. The molecule has 0 saturated heterocycles. The van der Waals surface area contributed by atoms with E-state index in [1.807, 2.05) is 0 Å². The van der Waals surface area contributed by atoms with Gasteiger partial charge in [-0.2, -0.15) is 5.48 Å². The molecule has 0 bridgehead atoms. The summed E-state index contributed by atoms with van der Waals surface area (Å²) in [6.45, 7) is 0. The summed E-state index contributed by atoms with van der Waals surface area (Å²) in [4.78, 5) is 20.6. The molecule has 0 aliphatic heterocycles. The number of hydrogen-bond donors (Lipinski definition) is 3.